The van der Waals surface area contributed by atoms with E-state index in [1.807, 2.05) is 13.0 Å². The normalized spacial score (nSPS) is 14.6. The van der Waals surface area contributed by atoms with Crippen LogP contribution in [0, 0.1) is 12.3 Å². The lowest BCUT2D eigenvalue weighted by Crippen LogP contribution is -2.41. The molecular formula is C24H26N6O4. The second kappa shape index (κ2) is 9.24. The molecule has 0 unspecified atom stereocenters. The summed E-state index contributed by atoms with van der Waals surface area (Å²) in [5.41, 5.74) is 1.65. The van der Waals surface area contributed by atoms with Gasteiger partial charge in [0, 0.05) is 32.4 Å². The first-order valence-electron chi connectivity index (χ1n) is 11.2. The lowest BCUT2D eigenvalue weighted by Gasteiger charge is -2.27. The van der Waals surface area contributed by atoms with Crippen molar-refractivity contribution in [2.75, 3.05) is 32.8 Å². The van der Waals surface area contributed by atoms with Gasteiger partial charge in [-0.15, -0.1) is 0 Å². The zero-order valence-electron chi connectivity index (χ0n) is 18.9. The second-order valence-electron chi connectivity index (χ2n) is 8.31. The monoisotopic (exact) mass is 462 g/mol. The van der Waals surface area contributed by atoms with Crippen LogP contribution < -0.4 is 16.4 Å². The van der Waals surface area contributed by atoms with Crippen LogP contribution >= 0.6 is 0 Å². The van der Waals surface area contributed by atoms with Crippen LogP contribution in [0.1, 0.15) is 21.7 Å². The van der Waals surface area contributed by atoms with Gasteiger partial charge in [-0.2, -0.15) is 0 Å². The van der Waals surface area contributed by atoms with Crippen molar-refractivity contribution < 1.29 is 13.9 Å². The van der Waals surface area contributed by atoms with Crippen LogP contribution in [0.5, 0.6) is 0 Å². The summed E-state index contributed by atoms with van der Waals surface area (Å²) in [6.07, 6.45) is 3.20. The number of nitrogens with zero attached hydrogens (tertiary/aromatic N) is 4. The summed E-state index contributed by atoms with van der Waals surface area (Å²) in [6, 6.07) is 8.66. The molecule has 4 aromatic rings. The lowest BCUT2D eigenvalue weighted by molar-refractivity contribution is 0.0363. The molecule has 10 nitrogen and oxygen atoms in total. The second-order valence-corrected chi connectivity index (χ2v) is 8.31. The maximum atomic E-state index is 13.4. The van der Waals surface area contributed by atoms with Gasteiger partial charge in [0.05, 0.1) is 37.0 Å². The summed E-state index contributed by atoms with van der Waals surface area (Å²) < 4.78 is 13.9. The Balaban J connectivity index is 1.61. The number of hydrogen-bond donors (Lipinski definition) is 2. The van der Waals surface area contributed by atoms with Crippen molar-refractivity contribution in [3.8, 4) is 0 Å². The average Bonchev–Trinajstić information content (AvgIpc) is 3.37. The largest absolute Gasteiger partial charge is 0.467 e. The van der Waals surface area contributed by atoms with Crippen molar-refractivity contribution in [2.24, 2.45) is 0 Å². The number of carbonyl (C=O) groups excluding carboxylic acids is 1. The molecule has 5 rings (SSSR count). The Hall–Kier alpha value is -3.76. The van der Waals surface area contributed by atoms with Gasteiger partial charge in [-0.3, -0.25) is 24.3 Å². The SMILES string of the molecule is Cc1cccn2c(=O)c3cc(C(=O)NCc4ccco4)c(=N)n(CCN4CCOCC4)c3nc12. The summed E-state index contributed by atoms with van der Waals surface area (Å²) in [6.45, 7) is 6.08. The standard InChI is InChI=1S/C24H26N6O4/c1-16-4-2-6-30-21(16)27-22-19(24(30)32)14-18(23(31)26-15-17-5-3-11-34-17)20(25)29(22)8-7-28-9-12-33-13-10-28/h2-6,11,14,25H,7-10,12-13,15H2,1H3,(H,26,31). The molecule has 176 valence electrons. The summed E-state index contributed by atoms with van der Waals surface area (Å²) in [5, 5.41) is 11.9. The van der Waals surface area contributed by atoms with E-state index in [1.165, 1.54) is 16.7 Å². The Labute approximate surface area is 194 Å². The highest BCUT2D eigenvalue weighted by molar-refractivity contribution is 5.96. The minimum atomic E-state index is -0.447. The Bertz CT molecular complexity index is 1470. The lowest BCUT2D eigenvalue weighted by atomic mass is 10.2. The van der Waals surface area contributed by atoms with Crippen molar-refractivity contribution in [3.05, 3.63) is 75.5 Å². The van der Waals surface area contributed by atoms with Crippen LogP contribution in [0.25, 0.3) is 16.7 Å². The van der Waals surface area contributed by atoms with Gasteiger partial charge in [0.2, 0.25) is 0 Å². The molecule has 2 N–H and O–H groups in total. The molecule has 1 aliphatic heterocycles. The third-order valence-corrected chi connectivity index (χ3v) is 6.12. The maximum absolute atomic E-state index is 13.4. The topological polar surface area (TPSA) is 118 Å². The van der Waals surface area contributed by atoms with Crippen LogP contribution in [-0.4, -0.2) is 57.6 Å². The van der Waals surface area contributed by atoms with Crippen molar-refractivity contribution in [1.82, 2.24) is 24.2 Å². The number of aryl methyl sites for hydroxylation is 1. The van der Waals surface area contributed by atoms with Gasteiger partial charge in [0.1, 0.15) is 22.5 Å². The number of aromatic nitrogens is 3. The number of hydrogen-bond acceptors (Lipinski definition) is 7. The molecule has 1 fully saturated rings. The predicted molar refractivity (Wildman–Crippen MR) is 125 cm³/mol. The summed E-state index contributed by atoms with van der Waals surface area (Å²) >= 11 is 0. The van der Waals surface area contributed by atoms with Gasteiger partial charge < -0.3 is 19.0 Å². The fourth-order valence-corrected chi connectivity index (χ4v) is 4.23. The van der Waals surface area contributed by atoms with E-state index in [9.17, 15) is 9.59 Å². The van der Waals surface area contributed by atoms with E-state index in [-0.39, 0.29) is 23.2 Å². The van der Waals surface area contributed by atoms with Crippen LogP contribution in [0.4, 0.5) is 0 Å². The smallest absolute Gasteiger partial charge is 0.267 e. The van der Waals surface area contributed by atoms with E-state index in [2.05, 4.69) is 10.2 Å². The van der Waals surface area contributed by atoms with Crippen molar-refractivity contribution in [2.45, 2.75) is 20.0 Å². The number of fused-ring (bicyclic) bond motifs is 2. The van der Waals surface area contributed by atoms with E-state index in [4.69, 9.17) is 19.5 Å². The minimum absolute atomic E-state index is 0.0162. The fourth-order valence-electron chi connectivity index (χ4n) is 4.23. The maximum Gasteiger partial charge on any atom is 0.267 e. The van der Waals surface area contributed by atoms with Gasteiger partial charge in [-0.1, -0.05) is 6.07 Å². The molecule has 0 aliphatic carbocycles. The molecule has 0 radical (unpaired) electrons. The van der Waals surface area contributed by atoms with Crippen LogP contribution in [0.15, 0.2) is 52.0 Å². The third kappa shape index (κ3) is 4.13. The van der Waals surface area contributed by atoms with Gasteiger partial charge >= 0.3 is 0 Å². The molecule has 1 aliphatic rings. The molecule has 0 bridgehead atoms. The van der Waals surface area contributed by atoms with Gasteiger partial charge in [-0.05, 0) is 36.8 Å². The highest BCUT2D eigenvalue weighted by Gasteiger charge is 2.19. The first kappa shape index (κ1) is 22.1. The molecule has 0 aromatic carbocycles. The number of pyridine rings is 2. The number of carbonyl (C=O) groups is 1. The molecule has 1 amide bonds. The first-order valence-corrected chi connectivity index (χ1v) is 11.2. The van der Waals surface area contributed by atoms with E-state index in [0.717, 1.165) is 18.7 Å². The number of amides is 1. The average molecular weight is 463 g/mol. The molecule has 10 heteroatoms. The Morgan fingerprint density at radius 1 is 1.18 bits per heavy atom. The molecule has 0 spiro atoms. The number of nitrogens with one attached hydrogen (secondary N) is 2. The van der Waals surface area contributed by atoms with Crippen LogP contribution in [-0.2, 0) is 17.8 Å². The summed E-state index contributed by atoms with van der Waals surface area (Å²) in [5.74, 6) is 0.154. The minimum Gasteiger partial charge on any atom is -0.467 e. The molecule has 34 heavy (non-hydrogen) atoms. The molecule has 5 heterocycles. The van der Waals surface area contributed by atoms with E-state index >= 15 is 0 Å². The van der Waals surface area contributed by atoms with E-state index in [1.54, 1.807) is 29.0 Å². The Morgan fingerprint density at radius 2 is 2.00 bits per heavy atom. The van der Waals surface area contributed by atoms with Crippen molar-refractivity contribution in [3.63, 3.8) is 0 Å². The molecule has 0 saturated carbocycles. The van der Waals surface area contributed by atoms with Crippen molar-refractivity contribution >= 4 is 22.6 Å². The zero-order valence-corrected chi connectivity index (χ0v) is 18.9. The van der Waals surface area contributed by atoms with Crippen LogP contribution in [0.2, 0.25) is 0 Å². The third-order valence-electron chi connectivity index (χ3n) is 6.12. The zero-order chi connectivity index (χ0) is 23.7. The summed E-state index contributed by atoms with van der Waals surface area (Å²) in [7, 11) is 0. The van der Waals surface area contributed by atoms with E-state index in [0.29, 0.717) is 48.7 Å². The van der Waals surface area contributed by atoms with Gasteiger partial charge in [0.25, 0.3) is 11.5 Å². The summed E-state index contributed by atoms with van der Waals surface area (Å²) in [4.78, 5) is 33.5. The number of rotatable bonds is 6. The highest BCUT2D eigenvalue weighted by Crippen LogP contribution is 2.13. The molecular weight excluding hydrogens is 436 g/mol. The van der Waals surface area contributed by atoms with Gasteiger partial charge in [0.15, 0.2) is 0 Å². The molecule has 4 aromatic heterocycles. The highest BCUT2D eigenvalue weighted by atomic mass is 16.5. The number of ether oxygens (including phenoxy) is 1. The fraction of sp³-hybridized carbons (Fsp3) is 0.333. The Morgan fingerprint density at radius 3 is 2.76 bits per heavy atom. The van der Waals surface area contributed by atoms with E-state index < -0.39 is 5.91 Å². The van der Waals surface area contributed by atoms with Crippen LogP contribution in [0.3, 0.4) is 0 Å². The quantitative estimate of drug-likeness (QED) is 0.417. The predicted octanol–water partition coefficient (Wildman–Crippen LogP) is 1.29. The first-order chi connectivity index (χ1) is 16.5. The van der Waals surface area contributed by atoms with Crippen molar-refractivity contribution in [1.29, 1.82) is 5.41 Å². The molecule has 0 atom stereocenters. The Kier molecular flexibility index (Phi) is 5.99. The van der Waals surface area contributed by atoms with Gasteiger partial charge in [-0.25, -0.2) is 4.98 Å². The number of furan rings is 1. The number of morpholine rings is 1. The molecule has 1 saturated heterocycles.